The molecule has 0 bridgehead atoms. The van der Waals surface area contributed by atoms with E-state index in [1.807, 2.05) is 23.9 Å². The van der Waals surface area contributed by atoms with Crippen molar-refractivity contribution >= 4 is 17.8 Å². The summed E-state index contributed by atoms with van der Waals surface area (Å²) in [6.45, 7) is 2.18. The van der Waals surface area contributed by atoms with Crippen LogP contribution in [0.15, 0.2) is 28.9 Å². The van der Waals surface area contributed by atoms with Crippen LogP contribution in [0.4, 0.5) is 0 Å². The van der Waals surface area contributed by atoms with Crippen molar-refractivity contribution in [2.24, 2.45) is 4.99 Å². The fourth-order valence-electron chi connectivity index (χ4n) is 1.16. The van der Waals surface area contributed by atoms with E-state index in [4.69, 9.17) is 0 Å². The van der Waals surface area contributed by atoms with Crippen molar-refractivity contribution in [1.29, 1.82) is 0 Å². The molecule has 1 heterocycles. The lowest BCUT2D eigenvalue weighted by Crippen LogP contribution is -2.06. The molecular weight excluding hydrogens is 158 g/mol. The summed E-state index contributed by atoms with van der Waals surface area (Å²) in [6.07, 6.45) is 7.52. The number of nitrogens with zero attached hydrogens (tertiary/aromatic N) is 1. The van der Waals surface area contributed by atoms with E-state index in [-0.39, 0.29) is 0 Å². The lowest BCUT2D eigenvalue weighted by Gasteiger charge is -2.03. The van der Waals surface area contributed by atoms with Crippen LogP contribution in [0.5, 0.6) is 0 Å². The number of hydrogen-bond donors (Lipinski definition) is 0. The lowest BCUT2D eigenvalue weighted by molar-refractivity contribution is 0.564. The highest BCUT2D eigenvalue weighted by Crippen LogP contribution is 2.57. The molecule has 0 spiro atoms. The highest BCUT2D eigenvalue weighted by molar-refractivity contribution is 8.09. The summed E-state index contributed by atoms with van der Waals surface area (Å²) in [6, 6.07) is 0. The second kappa shape index (κ2) is 2.10. The zero-order chi connectivity index (χ0) is 7.90. The monoisotopic (exact) mass is 165 g/mol. The Hall–Kier alpha value is -0.790. The number of fused-ring (bicyclic) bond motifs is 1. The molecular formula is C8H7NOS. The Bertz CT molecular complexity index is 301. The largest absolute Gasteiger partial charge is 0.240 e. The third kappa shape index (κ3) is 1.06. The minimum Gasteiger partial charge on any atom is -0.211 e. The first-order chi connectivity index (χ1) is 5.24. The Morgan fingerprint density at radius 1 is 1.82 bits per heavy atom. The second-order valence-corrected chi connectivity index (χ2v) is 4.47. The fourth-order valence-corrected chi connectivity index (χ4v) is 2.14. The molecule has 1 saturated heterocycles. The van der Waals surface area contributed by atoms with Crippen molar-refractivity contribution < 1.29 is 4.79 Å². The van der Waals surface area contributed by atoms with Gasteiger partial charge in [-0.05, 0) is 19.1 Å². The molecule has 1 aliphatic carbocycles. The van der Waals surface area contributed by atoms with Crippen LogP contribution >= 0.6 is 11.8 Å². The topological polar surface area (TPSA) is 29.4 Å². The van der Waals surface area contributed by atoms with E-state index < -0.39 is 0 Å². The molecule has 2 rings (SSSR count). The predicted octanol–water partition coefficient (Wildman–Crippen LogP) is 1.65. The quantitative estimate of drug-likeness (QED) is 0.336. The van der Waals surface area contributed by atoms with Gasteiger partial charge in [-0.3, -0.25) is 0 Å². The standard InChI is InChI=1S/C8H7NOS/c1-8-3-2-6(9-5-10)4-7(8)11-8/h2-4,7H,1H3. The van der Waals surface area contributed by atoms with Crippen LogP contribution < -0.4 is 0 Å². The number of allylic oxidation sites excluding steroid dienone is 1. The zero-order valence-corrected chi connectivity index (χ0v) is 6.89. The Balaban J connectivity index is 2.25. The molecule has 2 atom stereocenters. The van der Waals surface area contributed by atoms with Crippen molar-refractivity contribution in [3.8, 4) is 0 Å². The third-order valence-electron chi connectivity index (χ3n) is 1.97. The van der Waals surface area contributed by atoms with Gasteiger partial charge in [0, 0.05) is 10.00 Å². The molecule has 0 aromatic heterocycles. The van der Waals surface area contributed by atoms with Gasteiger partial charge in [-0.15, -0.1) is 11.8 Å². The van der Waals surface area contributed by atoms with Crippen LogP contribution in [0.1, 0.15) is 6.92 Å². The Kier molecular flexibility index (Phi) is 1.31. The van der Waals surface area contributed by atoms with E-state index >= 15 is 0 Å². The Labute approximate surface area is 69.1 Å². The SMILES string of the molecule is CC12C=CC(N=C=O)=CC1S2. The molecule has 2 nitrogen and oxygen atoms in total. The van der Waals surface area contributed by atoms with E-state index in [1.54, 1.807) is 0 Å². The minimum atomic E-state index is 0.294. The van der Waals surface area contributed by atoms with E-state index in [9.17, 15) is 4.79 Å². The molecule has 0 aromatic rings. The number of thioether (sulfide) groups is 1. The van der Waals surface area contributed by atoms with Crippen LogP contribution in [0, 0.1) is 0 Å². The van der Waals surface area contributed by atoms with Gasteiger partial charge >= 0.3 is 0 Å². The average molecular weight is 165 g/mol. The van der Waals surface area contributed by atoms with Crippen molar-refractivity contribution in [1.82, 2.24) is 0 Å². The molecule has 0 saturated carbocycles. The molecule has 0 aromatic carbocycles. The smallest absolute Gasteiger partial charge is 0.211 e. The third-order valence-corrected chi connectivity index (χ3v) is 3.49. The maximum atomic E-state index is 9.90. The summed E-state index contributed by atoms with van der Waals surface area (Å²) in [5.74, 6) is 0. The van der Waals surface area contributed by atoms with Crippen LogP contribution in [0.3, 0.4) is 0 Å². The maximum Gasteiger partial charge on any atom is 0.240 e. The van der Waals surface area contributed by atoms with Crippen LogP contribution in [0.2, 0.25) is 0 Å². The molecule has 2 unspecified atom stereocenters. The highest BCUT2D eigenvalue weighted by Gasteiger charge is 2.49. The van der Waals surface area contributed by atoms with E-state index in [0.717, 1.165) is 5.70 Å². The summed E-state index contributed by atoms with van der Waals surface area (Å²) < 4.78 is 0.294. The highest BCUT2D eigenvalue weighted by atomic mass is 32.2. The van der Waals surface area contributed by atoms with Gasteiger partial charge in [0.05, 0.1) is 5.70 Å². The molecule has 2 aliphatic rings. The number of hydrogen-bond acceptors (Lipinski definition) is 3. The summed E-state index contributed by atoms with van der Waals surface area (Å²) in [7, 11) is 0. The van der Waals surface area contributed by atoms with E-state index in [2.05, 4.69) is 18.0 Å². The molecule has 11 heavy (non-hydrogen) atoms. The Morgan fingerprint density at radius 3 is 3.27 bits per heavy atom. The summed E-state index contributed by atoms with van der Waals surface area (Å²) in [4.78, 5) is 13.4. The zero-order valence-electron chi connectivity index (χ0n) is 6.07. The van der Waals surface area contributed by atoms with Gasteiger partial charge in [-0.1, -0.05) is 6.08 Å². The first-order valence-electron chi connectivity index (χ1n) is 3.41. The molecule has 1 aliphatic heterocycles. The molecule has 56 valence electrons. The maximum absolute atomic E-state index is 9.90. The van der Waals surface area contributed by atoms with Crippen LogP contribution in [-0.4, -0.2) is 16.1 Å². The average Bonchev–Trinajstić information content (AvgIpc) is 2.61. The van der Waals surface area contributed by atoms with Gasteiger partial charge in [0.2, 0.25) is 6.08 Å². The van der Waals surface area contributed by atoms with Gasteiger partial charge < -0.3 is 0 Å². The first kappa shape index (κ1) is 6.89. The molecule has 0 radical (unpaired) electrons. The normalized spacial score (nSPS) is 38.6. The van der Waals surface area contributed by atoms with Crippen molar-refractivity contribution in [2.45, 2.75) is 16.9 Å². The number of isocyanates is 1. The Morgan fingerprint density at radius 2 is 2.64 bits per heavy atom. The predicted molar refractivity (Wildman–Crippen MR) is 45.1 cm³/mol. The molecule has 0 N–H and O–H groups in total. The van der Waals surface area contributed by atoms with Gasteiger partial charge in [0.25, 0.3) is 0 Å². The first-order valence-corrected chi connectivity index (χ1v) is 4.29. The van der Waals surface area contributed by atoms with Crippen molar-refractivity contribution in [2.75, 3.05) is 0 Å². The second-order valence-electron chi connectivity index (χ2n) is 2.85. The van der Waals surface area contributed by atoms with Crippen LogP contribution in [-0.2, 0) is 4.79 Å². The van der Waals surface area contributed by atoms with Gasteiger partial charge in [-0.2, -0.15) is 4.99 Å². The number of rotatable bonds is 1. The molecule has 1 fully saturated rings. The van der Waals surface area contributed by atoms with Crippen molar-refractivity contribution in [3.63, 3.8) is 0 Å². The summed E-state index contributed by atoms with van der Waals surface area (Å²) in [5, 5.41) is 0.527. The van der Waals surface area contributed by atoms with Gasteiger partial charge in [0.1, 0.15) is 0 Å². The lowest BCUT2D eigenvalue weighted by atomic mass is 10.0. The van der Waals surface area contributed by atoms with E-state index in [0.29, 0.717) is 10.00 Å². The fraction of sp³-hybridized carbons (Fsp3) is 0.375. The summed E-state index contributed by atoms with van der Waals surface area (Å²) >= 11 is 1.88. The van der Waals surface area contributed by atoms with Gasteiger partial charge in [0.15, 0.2) is 0 Å². The van der Waals surface area contributed by atoms with Crippen molar-refractivity contribution in [3.05, 3.63) is 23.9 Å². The van der Waals surface area contributed by atoms with E-state index in [1.165, 1.54) is 6.08 Å². The van der Waals surface area contributed by atoms with Gasteiger partial charge in [-0.25, -0.2) is 4.79 Å². The molecule has 0 amide bonds. The molecule has 3 heteroatoms. The minimum absolute atomic E-state index is 0.294. The number of aliphatic imine (C=N–C) groups is 1. The number of carbonyl (C=O) groups excluding carboxylic acids is 1. The van der Waals surface area contributed by atoms with Crippen LogP contribution in [0.25, 0.3) is 0 Å². The summed E-state index contributed by atoms with van der Waals surface area (Å²) in [5.41, 5.74) is 0.743.